The Labute approximate surface area is 106 Å². The van der Waals surface area contributed by atoms with Gasteiger partial charge >= 0.3 is 0 Å². The third-order valence-electron chi connectivity index (χ3n) is 2.64. The van der Waals surface area contributed by atoms with Crippen molar-refractivity contribution in [3.63, 3.8) is 0 Å². The Hall–Kier alpha value is -1.62. The molecule has 1 amide bonds. The average molecular weight is 254 g/mol. The third-order valence-corrected chi connectivity index (χ3v) is 2.64. The van der Waals surface area contributed by atoms with Gasteiger partial charge in [0.1, 0.15) is 11.6 Å². The zero-order valence-corrected chi connectivity index (χ0v) is 10.7. The van der Waals surface area contributed by atoms with E-state index in [0.717, 1.165) is 0 Å². The fourth-order valence-electron chi connectivity index (χ4n) is 1.51. The standard InChI is InChI=1S/C13H19FN2O2/c1-9(8-15)16-13(17)6-4-10-3-5-11(18-2)7-12(10)14/h3,5,7,9H,4,6,8,15H2,1-2H3,(H,16,17). The molecule has 1 atom stereocenters. The zero-order valence-electron chi connectivity index (χ0n) is 10.7. The molecule has 0 aliphatic heterocycles. The quantitative estimate of drug-likeness (QED) is 0.802. The van der Waals surface area contributed by atoms with E-state index in [-0.39, 0.29) is 24.2 Å². The molecule has 0 saturated carbocycles. The number of methoxy groups -OCH3 is 1. The smallest absolute Gasteiger partial charge is 0.220 e. The van der Waals surface area contributed by atoms with Crippen molar-refractivity contribution in [2.24, 2.45) is 5.73 Å². The van der Waals surface area contributed by atoms with Crippen LogP contribution in [-0.2, 0) is 11.2 Å². The van der Waals surface area contributed by atoms with Gasteiger partial charge in [-0.3, -0.25) is 4.79 Å². The van der Waals surface area contributed by atoms with E-state index in [1.54, 1.807) is 12.1 Å². The highest BCUT2D eigenvalue weighted by Gasteiger charge is 2.09. The molecule has 18 heavy (non-hydrogen) atoms. The number of hydrogen-bond donors (Lipinski definition) is 2. The van der Waals surface area contributed by atoms with Crippen LogP contribution in [0.4, 0.5) is 4.39 Å². The van der Waals surface area contributed by atoms with Crippen LogP contribution in [0.15, 0.2) is 18.2 Å². The van der Waals surface area contributed by atoms with Crippen LogP contribution in [-0.4, -0.2) is 25.6 Å². The number of rotatable bonds is 6. The maximum absolute atomic E-state index is 13.6. The fraction of sp³-hybridized carbons (Fsp3) is 0.462. The Kier molecular flexibility index (Phi) is 5.58. The van der Waals surface area contributed by atoms with Gasteiger partial charge in [-0.1, -0.05) is 6.07 Å². The monoisotopic (exact) mass is 254 g/mol. The molecule has 0 saturated heterocycles. The van der Waals surface area contributed by atoms with Crippen molar-refractivity contribution >= 4 is 5.91 Å². The number of amides is 1. The molecule has 1 aromatic rings. The van der Waals surface area contributed by atoms with Gasteiger partial charge in [0, 0.05) is 25.1 Å². The highest BCUT2D eigenvalue weighted by atomic mass is 19.1. The van der Waals surface area contributed by atoms with Crippen molar-refractivity contribution in [3.8, 4) is 5.75 Å². The predicted molar refractivity (Wildman–Crippen MR) is 67.9 cm³/mol. The van der Waals surface area contributed by atoms with Gasteiger partial charge in [0.25, 0.3) is 0 Å². The molecule has 0 radical (unpaired) electrons. The number of benzene rings is 1. The topological polar surface area (TPSA) is 64.3 Å². The molecule has 1 aromatic carbocycles. The van der Waals surface area contributed by atoms with Crippen LogP contribution in [0.2, 0.25) is 0 Å². The van der Waals surface area contributed by atoms with Crippen LogP contribution in [0.3, 0.4) is 0 Å². The molecule has 0 aliphatic rings. The van der Waals surface area contributed by atoms with Crippen LogP contribution in [0.5, 0.6) is 5.75 Å². The summed E-state index contributed by atoms with van der Waals surface area (Å²) >= 11 is 0. The molecule has 0 aromatic heterocycles. The Bertz CT molecular complexity index is 410. The lowest BCUT2D eigenvalue weighted by molar-refractivity contribution is -0.121. The van der Waals surface area contributed by atoms with E-state index in [1.807, 2.05) is 6.92 Å². The minimum Gasteiger partial charge on any atom is -0.497 e. The van der Waals surface area contributed by atoms with Gasteiger partial charge in [0.05, 0.1) is 7.11 Å². The van der Waals surface area contributed by atoms with Gasteiger partial charge in [-0.15, -0.1) is 0 Å². The largest absolute Gasteiger partial charge is 0.497 e. The summed E-state index contributed by atoms with van der Waals surface area (Å²) < 4.78 is 18.5. The summed E-state index contributed by atoms with van der Waals surface area (Å²) in [5.74, 6) is -0.00496. The second kappa shape index (κ2) is 6.96. The van der Waals surface area contributed by atoms with E-state index in [4.69, 9.17) is 10.5 Å². The highest BCUT2D eigenvalue weighted by molar-refractivity contribution is 5.76. The lowest BCUT2D eigenvalue weighted by Crippen LogP contribution is -2.37. The van der Waals surface area contributed by atoms with Crippen LogP contribution in [0.25, 0.3) is 0 Å². The van der Waals surface area contributed by atoms with E-state index >= 15 is 0 Å². The Morgan fingerprint density at radius 3 is 2.83 bits per heavy atom. The number of carbonyl (C=O) groups is 1. The van der Waals surface area contributed by atoms with Gasteiger partial charge in [-0.2, -0.15) is 0 Å². The van der Waals surface area contributed by atoms with Crippen LogP contribution < -0.4 is 15.8 Å². The van der Waals surface area contributed by atoms with Crippen LogP contribution in [0, 0.1) is 5.82 Å². The summed E-state index contributed by atoms with van der Waals surface area (Å²) in [5, 5.41) is 2.73. The number of carbonyl (C=O) groups excluding carboxylic acids is 1. The summed E-state index contributed by atoms with van der Waals surface area (Å²) in [6.07, 6.45) is 0.604. The molecule has 4 nitrogen and oxygen atoms in total. The van der Waals surface area contributed by atoms with Crippen molar-refractivity contribution in [1.29, 1.82) is 0 Å². The highest BCUT2D eigenvalue weighted by Crippen LogP contribution is 2.17. The van der Waals surface area contributed by atoms with Gasteiger partial charge in [0.15, 0.2) is 0 Å². The Balaban J connectivity index is 2.51. The van der Waals surface area contributed by atoms with Gasteiger partial charge in [-0.25, -0.2) is 4.39 Å². The maximum Gasteiger partial charge on any atom is 0.220 e. The predicted octanol–water partition coefficient (Wildman–Crippen LogP) is 1.23. The van der Waals surface area contributed by atoms with Crippen LogP contribution >= 0.6 is 0 Å². The normalized spacial score (nSPS) is 12.0. The molecule has 1 rings (SSSR count). The average Bonchev–Trinajstić information content (AvgIpc) is 2.36. The first-order chi connectivity index (χ1) is 8.56. The number of nitrogens with two attached hydrogens (primary N) is 1. The first-order valence-corrected chi connectivity index (χ1v) is 5.88. The maximum atomic E-state index is 13.6. The lowest BCUT2D eigenvalue weighted by Gasteiger charge is -2.11. The number of ether oxygens (including phenoxy) is 1. The molecule has 0 fully saturated rings. The molecule has 100 valence electrons. The number of halogens is 1. The molecule has 0 bridgehead atoms. The van der Waals surface area contributed by atoms with E-state index < -0.39 is 0 Å². The molecule has 5 heteroatoms. The van der Waals surface area contributed by atoms with Gasteiger partial charge in [-0.05, 0) is 25.0 Å². The summed E-state index contributed by atoms with van der Waals surface area (Å²) in [7, 11) is 1.48. The summed E-state index contributed by atoms with van der Waals surface area (Å²) in [6, 6.07) is 4.57. The van der Waals surface area contributed by atoms with Gasteiger partial charge in [0.2, 0.25) is 5.91 Å². The van der Waals surface area contributed by atoms with Crippen molar-refractivity contribution in [3.05, 3.63) is 29.6 Å². The number of hydrogen-bond acceptors (Lipinski definition) is 3. The minimum absolute atomic E-state index is 0.0572. The Morgan fingerprint density at radius 2 is 2.28 bits per heavy atom. The van der Waals surface area contributed by atoms with E-state index in [9.17, 15) is 9.18 Å². The zero-order chi connectivity index (χ0) is 13.5. The first-order valence-electron chi connectivity index (χ1n) is 5.88. The van der Waals surface area contributed by atoms with Gasteiger partial charge < -0.3 is 15.8 Å². The van der Waals surface area contributed by atoms with Crippen LogP contribution in [0.1, 0.15) is 18.9 Å². The minimum atomic E-state index is -0.353. The van der Waals surface area contributed by atoms with E-state index in [2.05, 4.69) is 5.32 Å². The first kappa shape index (κ1) is 14.4. The number of nitrogens with one attached hydrogen (secondary N) is 1. The molecule has 1 unspecified atom stereocenters. The van der Waals surface area contributed by atoms with Crippen molar-refractivity contribution < 1.29 is 13.9 Å². The molecular formula is C13H19FN2O2. The lowest BCUT2D eigenvalue weighted by atomic mass is 10.1. The Morgan fingerprint density at radius 1 is 1.56 bits per heavy atom. The fourth-order valence-corrected chi connectivity index (χ4v) is 1.51. The summed E-state index contributed by atoms with van der Waals surface area (Å²) in [6.45, 7) is 2.22. The van der Waals surface area contributed by atoms with E-state index in [1.165, 1.54) is 13.2 Å². The molecule has 0 aliphatic carbocycles. The van der Waals surface area contributed by atoms with Crippen molar-refractivity contribution in [2.75, 3.05) is 13.7 Å². The van der Waals surface area contributed by atoms with E-state index in [0.29, 0.717) is 24.3 Å². The molecule has 0 heterocycles. The summed E-state index contributed by atoms with van der Waals surface area (Å²) in [5.41, 5.74) is 5.90. The van der Waals surface area contributed by atoms with Crippen molar-refractivity contribution in [2.45, 2.75) is 25.8 Å². The summed E-state index contributed by atoms with van der Waals surface area (Å²) in [4.78, 5) is 11.5. The van der Waals surface area contributed by atoms with Crippen molar-refractivity contribution in [1.82, 2.24) is 5.32 Å². The number of aryl methyl sites for hydroxylation is 1. The SMILES string of the molecule is COc1ccc(CCC(=O)NC(C)CN)c(F)c1. The molecular weight excluding hydrogens is 235 g/mol. The molecule has 0 spiro atoms. The molecule has 3 N–H and O–H groups in total. The third kappa shape index (κ3) is 4.33. The second-order valence-corrected chi connectivity index (χ2v) is 4.16. The second-order valence-electron chi connectivity index (χ2n) is 4.16.